The number of carboxylic acid groups (broad SMARTS) is 1. The van der Waals surface area contributed by atoms with E-state index in [1.807, 2.05) is 55.5 Å². The summed E-state index contributed by atoms with van der Waals surface area (Å²) in [5.74, 6) is -0.0109. The third-order valence-electron chi connectivity index (χ3n) is 7.66. The first-order chi connectivity index (χ1) is 19.9. The van der Waals surface area contributed by atoms with Crippen LogP contribution in [0.3, 0.4) is 0 Å². The smallest absolute Gasteiger partial charge is 0.336 e. The van der Waals surface area contributed by atoms with Gasteiger partial charge in [-0.3, -0.25) is 9.69 Å². The molecular weight excluding hydrogens is 516 g/mol. The summed E-state index contributed by atoms with van der Waals surface area (Å²) in [5, 5.41) is 12.7. The number of fused-ring (bicyclic) bond motifs is 1. The van der Waals surface area contributed by atoms with Gasteiger partial charge in [0.25, 0.3) is 5.91 Å². The van der Waals surface area contributed by atoms with Gasteiger partial charge in [-0.1, -0.05) is 49.4 Å². The van der Waals surface area contributed by atoms with Crippen molar-refractivity contribution in [3.8, 4) is 11.1 Å². The molecule has 5 rings (SSSR count). The van der Waals surface area contributed by atoms with Crippen LogP contribution in [0.25, 0.3) is 22.2 Å². The molecule has 0 unspecified atom stereocenters. The average Bonchev–Trinajstić information content (AvgIpc) is 3.33. The monoisotopic (exact) mass is 554 g/mol. The Balaban J connectivity index is 1.35. The number of rotatable bonds is 11. The average molecular weight is 555 g/mol. The Morgan fingerprint density at radius 1 is 1.05 bits per heavy atom. The molecule has 2 N–H and O–H groups in total. The molecular formula is C33H38N4O4. The molecule has 1 saturated heterocycles. The molecule has 0 atom stereocenters. The molecule has 0 saturated carbocycles. The lowest BCUT2D eigenvalue weighted by Crippen LogP contribution is -2.38. The van der Waals surface area contributed by atoms with Gasteiger partial charge in [0.05, 0.1) is 29.8 Å². The number of aromatic carboxylic acids is 1. The van der Waals surface area contributed by atoms with Gasteiger partial charge in [0.1, 0.15) is 5.82 Å². The Morgan fingerprint density at radius 3 is 2.54 bits per heavy atom. The Labute approximate surface area is 241 Å². The third kappa shape index (κ3) is 6.66. The zero-order chi connectivity index (χ0) is 28.8. The standard InChI is InChI=1S/C33H38N4O4/c1-3-7-30-35-31-23(2)20-26(32(38)34-14-6-15-36-16-18-41-19-17-36)21-29(31)37(30)22-24-10-12-25(13-11-24)27-8-4-5-9-28(27)33(39)40/h4-5,8-13,20-21H,3,6-7,14-19,22H2,1-2H3,(H,34,38)(H,39,40). The van der Waals surface area contributed by atoms with Crippen molar-refractivity contribution in [2.24, 2.45) is 0 Å². The van der Waals surface area contributed by atoms with Crippen LogP contribution in [0.15, 0.2) is 60.7 Å². The van der Waals surface area contributed by atoms with E-state index in [0.717, 1.165) is 85.7 Å². The van der Waals surface area contributed by atoms with Gasteiger partial charge in [-0.15, -0.1) is 0 Å². The van der Waals surface area contributed by atoms with E-state index >= 15 is 0 Å². The van der Waals surface area contributed by atoms with Crippen molar-refractivity contribution in [3.63, 3.8) is 0 Å². The van der Waals surface area contributed by atoms with E-state index in [-0.39, 0.29) is 11.5 Å². The minimum atomic E-state index is -0.939. The van der Waals surface area contributed by atoms with Crippen molar-refractivity contribution >= 4 is 22.9 Å². The Morgan fingerprint density at radius 2 is 1.80 bits per heavy atom. The normalized spacial score (nSPS) is 13.9. The van der Waals surface area contributed by atoms with Crippen LogP contribution in [-0.2, 0) is 17.7 Å². The van der Waals surface area contributed by atoms with E-state index in [1.54, 1.807) is 12.1 Å². The maximum Gasteiger partial charge on any atom is 0.336 e. The summed E-state index contributed by atoms with van der Waals surface area (Å²) in [6.45, 7) is 9.81. The van der Waals surface area contributed by atoms with Gasteiger partial charge in [-0.2, -0.15) is 0 Å². The molecule has 0 aliphatic carbocycles. The minimum absolute atomic E-state index is 0.0665. The number of benzene rings is 3. The van der Waals surface area contributed by atoms with E-state index < -0.39 is 5.97 Å². The van der Waals surface area contributed by atoms with E-state index in [2.05, 4.69) is 21.7 Å². The van der Waals surface area contributed by atoms with Gasteiger partial charge in [-0.25, -0.2) is 9.78 Å². The lowest BCUT2D eigenvalue weighted by Gasteiger charge is -2.26. The molecule has 8 heteroatoms. The largest absolute Gasteiger partial charge is 0.478 e. The maximum atomic E-state index is 13.1. The number of ether oxygens (including phenoxy) is 1. The molecule has 0 bridgehead atoms. The van der Waals surface area contributed by atoms with Crippen LogP contribution in [0.5, 0.6) is 0 Å². The topological polar surface area (TPSA) is 96.7 Å². The lowest BCUT2D eigenvalue weighted by molar-refractivity contribution is 0.0374. The van der Waals surface area contributed by atoms with Gasteiger partial charge in [0, 0.05) is 38.2 Å². The summed E-state index contributed by atoms with van der Waals surface area (Å²) in [6, 6.07) is 19.0. The maximum absolute atomic E-state index is 13.1. The van der Waals surface area contributed by atoms with Crippen molar-refractivity contribution in [1.82, 2.24) is 19.8 Å². The molecule has 1 aliphatic heterocycles. The molecule has 2 heterocycles. The van der Waals surface area contributed by atoms with Crippen LogP contribution in [0.2, 0.25) is 0 Å². The summed E-state index contributed by atoms with van der Waals surface area (Å²) < 4.78 is 7.62. The number of amides is 1. The number of carboxylic acids is 1. The summed E-state index contributed by atoms with van der Waals surface area (Å²) in [5.41, 5.74) is 6.42. The van der Waals surface area contributed by atoms with Crippen LogP contribution in [0.4, 0.5) is 0 Å². The first-order valence-corrected chi connectivity index (χ1v) is 14.4. The number of hydrogen-bond acceptors (Lipinski definition) is 5. The SMILES string of the molecule is CCCc1nc2c(C)cc(C(=O)NCCCN3CCOCC3)cc2n1Cc1ccc(-c2ccccc2C(=O)O)cc1. The number of aromatic nitrogens is 2. The summed E-state index contributed by atoms with van der Waals surface area (Å²) >= 11 is 0. The van der Waals surface area contributed by atoms with Crippen molar-refractivity contribution < 1.29 is 19.4 Å². The van der Waals surface area contributed by atoms with Gasteiger partial charge in [0.15, 0.2) is 0 Å². The van der Waals surface area contributed by atoms with Crippen molar-refractivity contribution in [1.29, 1.82) is 0 Å². The Kier molecular flexibility index (Phi) is 9.11. The predicted molar refractivity (Wildman–Crippen MR) is 161 cm³/mol. The second-order valence-corrected chi connectivity index (χ2v) is 10.6. The van der Waals surface area contributed by atoms with Crippen molar-refractivity contribution in [2.45, 2.75) is 39.7 Å². The number of nitrogens with one attached hydrogen (secondary N) is 1. The quantitative estimate of drug-likeness (QED) is 0.249. The highest BCUT2D eigenvalue weighted by molar-refractivity contribution is 5.98. The summed E-state index contributed by atoms with van der Waals surface area (Å²) in [6.07, 6.45) is 2.70. The summed E-state index contributed by atoms with van der Waals surface area (Å²) in [7, 11) is 0. The first-order valence-electron chi connectivity index (χ1n) is 14.4. The first kappa shape index (κ1) is 28.5. The van der Waals surface area contributed by atoms with Gasteiger partial charge in [0.2, 0.25) is 0 Å². The number of imidazole rings is 1. The van der Waals surface area contributed by atoms with E-state index in [4.69, 9.17) is 9.72 Å². The van der Waals surface area contributed by atoms with Crippen LogP contribution in [0, 0.1) is 6.92 Å². The number of carbonyl (C=O) groups is 2. The molecule has 0 radical (unpaired) electrons. The number of carbonyl (C=O) groups excluding carboxylic acids is 1. The highest BCUT2D eigenvalue weighted by Gasteiger charge is 2.17. The molecule has 1 aromatic heterocycles. The fraction of sp³-hybridized carbons (Fsp3) is 0.364. The molecule has 3 aromatic carbocycles. The third-order valence-corrected chi connectivity index (χ3v) is 7.66. The number of aryl methyl sites for hydroxylation is 2. The highest BCUT2D eigenvalue weighted by Crippen LogP contribution is 2.27. The van der Waals surface area contributed by atoms with E-state index in [0.29, 0.717) is 24.2 Å². The zero-order valence-corrected chi connectivity index (χ0v) is 23.9. The zero-order valence-electron chi connectivity index (χ0n) is 23.9. The van der Waals surface area contributed by atoms with Crippen LogP contribution in [0.1, 0.15) is 57.4 Å². The lowest BCUT2D eigenvalue weighted by atomic mass is 9.98. The van der Waals surface area contributed by atoms with Gasteiger partial charge < -0.3 is 19.7 Å². The minimum Gasteiger partial charge on any atom is -0.478 e. The second kappa shape index (κ2) is 13.1. The molecule has 4 aromatic rings. The molecule has 1 fully saturated rings. The van der Waals surface area contributed by atoms with Crippen LogP contribution < -0.4 is 5.32 Å². The van der Waals surface area contributed by atoms with E-state index in [1.165, 1.54) is 0 Å². The number of hydrogen-bond donors (Lipinski definition) is 2. The molecule has 214 valence electrons. The fourth-order valence-corrected chi connectivity index (χ4v) is 5.49. The molecule has 0 spiro atoms. The Bertz CT molecular complexity index is 1520. The van der Waals surface area contributed by atoms with Crippen molar-refractivity contribution in [3.05, 3.63) is 88.7 Å². The highest BCUT2D eigenvalue weighted by atomic mass is 16.5. The van der Waals surface area contributed by atoms with Gasteiger partial charge in [-0.05, 0) is 66.8 Å². The number of morpholine rings is 1. The van der Waals surface area contributed by atoms with Crippen LogP contribution >= 0.6 is 0 Å². The second-order valence-electron chi connectivity index (χ2n) is 10.6. The van der Waals surface area contributed by atoms with Crippen molar-refractivity contribution in [2.75, 3.05) is 39.4 Å². The molecule has 41 heavy (non-hydrogen) atoms. The molecule has 1 amide bonds. The van der Waals surface area contributed by atoms with E-state index in [9.17, 15) is 14.7 Å². The molecule has 1 aliphatic rings. The van der Waals surface area contributed by atoms with Gasteiger partial charge >= 0.3 is 5.97 Å². The summed E-state index contributed by atoms with van der Waals surface area (Å²) in [4.78, 5) is 32.2. The Hall–Kier alpha value is -4.01. The number of nitrogens with zero attached hydrogens (tertiary/aromatic N) is 3. The molecule has 8 nitrogen and oxygen atoms in total. The predicted octanol–water partition coefficient (Wildman–Crippen LogP) is 5.16. The van der Waals surface area contributed by atoms with Crippen LogP contribution in [-0.4, -0.2) is 70.8 Å². The fourth-order valence-electron chi connectivity index (χ4n) is 5.49.